The highest BCUT2D eigenvalue weighted by atomic mass is 32.2. The fraction of sp³-hybridized carbons (Fsp3) is 0.361. The van der Waals surface area contributed by atoms with Gasteiger partial charge in [-0.15, -0.1) is 10.2 Å². The molecule has 3 heterocycles. The smallest absolute Gasteiger partial charge is 0.236 e. The highest BCUT2D eigenvalue weighted by molar-refractivity contribution is 8.00. The fourth-order valence-corrected chi connectivity index (χ4v) is 7.32. The average molecular weight is 621 g/mol. The summed E-state index contributed by atoms with van der Waals surface area (Å²) in [5.41, 5.74) is 6.07. The second-order valence-corrected chi connectivity index (χ2v) is 13.0. The molecule has 232 valence electrons. The van der Waals surface area contributed by atoms with E-state index >= 15 is 0 Å². The van der Waals surface area contributed by atoms with Crippen molar-refractivity contribution in [1.29, 1.82) is 0 Å². The van der Waals surface area contributed by atoms with Crippen LogP contribution >= 0.6 is 11.8 Å². The molecule has 1 fully saturated rings. The van der Waals surface area contributed by atoms with Crippen LogP contribution in [-0.4, -0.2) is 72.3 Å². The van der Waals surface area contributed by atoms with Crippen LogP contribution in [0, 0.1) is 6.92 Å². The van der Waals surface area contributed by atoms with E-state index in [2.05, 4.69) is 65.0 Å². The van der Waals surface area contributed by atoms with E-state index in [4.69, 9.17) is 4.98 Å². The number of fused-ring (bicyclic) bond motifs is 3. The van der Waals surface area contributed by atoms with Gasteiger partial charge in [0.25, 0.3) is 0 Å². The molecule has 8 nitrogen and oxygen atoms in total. The first-order valence-corrected chi connectivity index (χ1v) is 16.7. The Hall–Kier alpha value is -4.24. The topological polar surface area (TPSA) is 84.2 Å². The van der Waals surface area contributed by atoms with Crippen LogP contribution in [-0.2, 0) is 16.1 Å². The first-order valence-electron chi connectivity index (χ1n) is 15.9. The van der Waals surface area contributed by atoms with Crippen LogP contribution < -0.4 is 0 Å². The summed E-state index contributed by atoms with van der Waals surface area (Å²) in [5, 5.41) is 10.3. The number of thioether (sulfide) groups is 1. The number of nitrogens with zero attached hydrogens (tertiary/aromatic N) is 6. The second kappa shape index (κ2) is 13.4. The first-order chi connectivity index (χ1) is 21.9. The van der Waals surface area contributed by atoms with E-state index in [0.717, 1.165) is 34.1 Å². The molecule has 5 aromatic rings. The predicted molar refractivity (Wildman–Crippen MR) is 180 cm³/mol. The van der Waals surface area contributed by atoms with E-state index < -0.39 is 0 Å². The van der Waals surface area contributed by atoms with Gasteiger partial charge < -0.3 is 14.4 Å². The predicted octanol–water partition coefficient (Wildman–Crippen LogP) is 6.46. The highest BCUT2D eigenvalue weighted by Crippen LogP contribution is 2.31. The van der Waals surface area contributed by atoms with Crippen LogP contribution in [0.5, 0.6) is 0 Å². The van der Waals surface area contributed by atoms with E-state index in [9.17, 15) is 9.59 Å². The fourth-order valence-electron chi connectivity index (χ4n) is 6.42. The second-order valence-electron chi connectivity index (χ2n) is 11.8. The summed E-state index contributed by atoms with van der Waals surface area (Å²) in [6.07, 6.45) is 1.38. The van der Waals surface area contributed by atoms with Gasteiger partial charge in [-0.1, -0.05) is 98.4 Å². The van der Waals surface area contributed by atoms with Gasteiger partial charge in [0.1, 0.15) is 5.52 Å². The number of para-hydroxylation sites is 1. The van der Waals surface area contributed by atoms with E-state index in [1.807, 2.05) is 66.1 Å². The molecule has 45 heavy (non-hydrogen) atoms. The van der Waals surface area contributed by atoms with Gasteiger partial charge in [-0.2, -0.15) is 0 Å². The average Bonchev–Trinajstić information content (AvgIpc) is 3.37. The van der Waals surface area contributed by atoms with Gasteiger partial charge in [-0.05, 0) is 49.4 Å². The standard InChI is InChI=1S/C36H40N6O2S/c1-5-28(26-15-8-7-9-16-26)34(43)41-21-20-40(22-25(41)4)35(44)31(6-2)45-36-37-33-32(38-39-36)29-18-12-13-19-30(29)42(33)23-27-17-11-10-14-24(27)3/h7-19,25,28,31H,5-6,20-23H2,1-4H3. The Labute approximate surface area is 268 Å². The Morgan fingerprint density at radius 2 is 1.62 bits per heavy atom. The molecule has 0 N–H and O–H groups in total. The molecule has 0 saturated carbocycles. The van der Waals surface area contributed by atoms with E-state index in [-0.39, 0.29) is 29.0 Å². The summed E-state index contributed by atoms with van der Waals surface area (Å²) < 4.78 is 2.20. The molecule has 2 amide bonds. The number of hydrogen-bond acceptors (Lipinski definition) is 6. The van der Waals surface area contributed by atoms with Crippen molar-refractivity contribution in [2.45, 2.75) is 69.4 Å². The molecule has 9 heteroatoms. The summed E-state index contributed by atoms with van der Waals surface area (Å²) in [5.74, 6) is 0.0232. The monoisotopic (exact) mass is 620 g/mol. The van der Waals surface area contributed by atoms with Crippen LogP contribution in [0.3, 0.4) is 0 Å². The van der Waals surface area contributed by atoms with Crippen molar-refractivity contribution in [1.82, 2.24) is 29.5 Å². The molecule has 0 spiro atoms. The molecule has 3 unspecified atom stereocenters. The SMILES string of the molecule is CCC(Sc1nnc2c3ccccc3n(Cc3ccccc3C)c2n1)C(=O)N1CCN(C(=O)C(CC)c2ccccc2)C(C)C1. The Balaban J connectivity index is 1.20. The molecule has 0 bridgehead atoms. The zero-order valence-electron chi connectivity index (χ0n) is 26.4. The molecule has 1 aliphatic rings. The third-order valence-corrected chi connectivity index (χ3v) is 10.2. The maximum atomic E-state index is 13.8. The molecule has 1 saturated heterocycles. The number of hydrogen-bond donors (Lipinski definition) is 0. The number of aryl methyl sites for hydroxylation is 1. The van der Waals surface area contributed by atoms with Crippen LogP contribution in [0.25, 0.3) is 22.1 Å². The summed E-state index contributed by atoms with van der Waals surface area (Å²) in [4.78, 5) is 36.3. The molecule has 3 aromatic carbocycles. The third kappa shape index (κ3) is 6.18. The summed E-state index contributed by atoms with van der Waals surface area (Å²) in [6.45, 7) is 10.5. The molecular formula is C36H40N6O2S. The maximum absolute atomic E-state index is 13.8. The van der Waals surface area contributed by atoms with Gasteiger partial charge in [0.2, 0.25) is 17.0 Å². The van der Waals surface area contributed by atoms with Crippen LogP contribution in [0.15, 0.2) is 84.0 Å². The van der Waals surface area contributed by atoms with Crippen molar-refractivity contribution in [3.05, 3.63) is 95.6 Å². The highest BCUT2D eigenvalue weighted by Gasteiger charge is 2.35. The first kappa shape index (κ1) is 30.8. The lowest BCUT2D eigenvalue weighted by Crippen LogP contribution is -2.57. The minimum absolute atomic E-state index is 0.0562. The van der Waals surface area contributed by atoms with Gasteiger partial charge in [-0.25, -0.2) is 4.98 Å². The van der Waals surface area contributed by atoms with Gasteiger partial charge in [-0.3, -0.25) is 9.59 Å². The van der Waals surface area contributed by atoms with Gasteiger partial charge in [0, 0.05) is 37.6 Å². The zero-order chi connectivity index (χ0) is 31.5. The number of carbonyl (C=O) groups excluding carboxylic acids is 2. The van der Waals surface area contributed by atoms with E-state index in [1.165, 1.54) is 22.9 Å². The van der Waals surface area contributed by atoms with Crippen molar-refractivity contribution in [2.24, 2.45) is 0 Å². The lowest BCUT2D eigenvalue weighted by atomic mass is 9.94. The number of aromatic nitrogens is 4. The van der Waals surface area contributed by atoms with Gasteiger partial charge in [0.15, 0.2) is 5.65 Å². The Kier molecular flexibility index (Phi) is 9.16. The minimum Gasteiger partial charge on any atom is -0.338 e. The minimum atomic E-state index is -0.347. The van der Waals surface area contributed by atoms with Crippen LogP contribution in [0.1, 0.15) is 56.2 Å². The molecule has 1 aliphatic heterocycles. The van der Waals surface area contributed by atoms with Crippen LogP contribution in [0.4, 0.5) is 0 Å². The Morgan fingerprint density at radius 1 is 0.889 bits per heavy atom. The Bertz CT molecular complexity index is 1820. The number of carbonyl (C=O) groups is 2. The van der Waals surface area contributed by atoms with E-state index in [1.54, 1.807) is 0 Å². The van der Waals surface area contributed by atoms with Crippen molar-refractivity contribution < 1.29 is 9.59 Å². The van der Waals surface area contributed by atoms with Crippen molar-refractivity contribution in [2.75, 3.05) is 19.6 Å². The van der Waals surface area contributed by atoms with Gasteiger partial charge in [0.05, 0.1) is 16.7 Å². The van der Waals surface area contributed by atoms with Crippen LogP contribution in [0.2, 0.25) is 0 Å². The van der Waals surface area contributed by atoms with Crippen molar-refractivity contribution in [3.8, 4) is 0 Å². The number of amides is 2. The summed E-state index contributed by atoms with van der Waals surface area (Å²) in [7, 11) is 0. The molecule has 0 radical (unpaired) electrons. The zero-order valence-corrected chi connectivity index (χ0v) is 27.2. The lowest BCUT2D eigenvalue weighted by Gasteiger charge is -2.42. The number of piperazine rings is 1. The quantitative estimate of drug-likeness (QED) is 0.176. The van der Waals surface area contributed by atoms with Gasteiger partial charge >= 0.3 is 0 Å². The van der Waals surface area contributed by atoms with Crippen molar-refractivity contribution >= 4 is 45.6 Å². The summed E-state index contributed by atoms with van der Waals surface area (Å²) in [6, 6.07) is 26.5. The largest absolute Gasteiger partial charge is 0.338 e. The number of rotatable bonds is 9. The normalized spacial score (nSPS) is 16.7. The molecule has 2 aromatic heterocycles. The molecule has 3 atom stereocenters. The summed E-state index contributed by atoms with van der Waals surface area (Å²) >= 11 is 1.38. The van der Waals surface area contributed by atoms with Crippen molar-refractivity contribution in [3.63, 3.8) is 0 Å². The maximum Gasteiger partial charge on any atom is 0.236 e. The molecular weight excluding hydrogens is 581 g/mol. The third-order valence-electron chi connectivity index (χ3n) is 8.97. The molecule has 6 rings (SSSR count). The molecule has 0 aliphatic carbocycles. The lowest BCUT2D eigenvalue weighted by molar-refractivity contribution is -0.143. The van der Waals surface area contributed by atoms with E-state index in [0.29, 0.717) is 37.8 Å². The number of benzene rings is 3. The Morgan fingerprint density at radius 3 is 2.36 bits per heavy atom.